The molecule has 4 heteroatoms. The normalized spacial score (nSPS) is 12.8. The molecule has 0 aliphatic carbocycles. The molecule has 1 aromatic heterocycles. The van der Waals surface area contributed by atoms with E-state index in [2.05, 4.69) is 34.9 Å². The molecule has 0 aliphatic heterocycles. The molecule has 1 unspecified atom stereocenters. The highest BCUT2D eigenvalue weighted by Crippen LogP contribution is 2.21. The minimum absolute atomic E-state index is 0.452. The first-order valence-electron chi connectivity index (χ1n) is 7.11. The molecule has 0 fully saturated rings. The van der Waals surface area contributed by atoms with E-state index in [1.165, 1.54) is 0 Å². The smallest absolute Gasteiger partial charge is 0.0846 e. The maximum atomic E-state index is 10.3. The number of aromatic nitrogens is 2. The highest BCUT2D eigenvalue weighted by molar-refractivity contribution is 9.10. The van der Waals surface area contributed by atoms with Gasteiger partial charge in [0.05, 0.1) is 17.8 Å². The van der Waals surface area contributed by atoms with Gasteiger partial charge in [0.2, 0.25) is 0 Å². The Kier molecular flexibility index (Phi) is 5.38. The Morgan fingerprint density at radius 2 is 1.80 bits per heavy atom. The lowest BCUT2D eigenvalue weighted by Gasteiger charge is -2.13. The zero-order chi connectivity index (χ0) is 14.5. The summed E-state index contributed by atoms with van der Waals surface area (Å²) in [5, 5.41) is 14.8. The van der Waals surface area contributed by atoms with Gasteiger partial charge in [-0.05, 0) is 36.6 Å². The molecular weight excluding hydrogens is 316 g/mol. The van der Waals surface area contributed by atoms with Crippen LogP contribution in [-0.4, -0.2) is 14.9 Å². The molecule has 0 saturated heterocycles. The number of halogens is 1. The SMILES string of the molecule is CCC(CC)n1ccc(CC(O)c2ccc(Br)cc2)n1. The van der Waals surface area contributed by atoms with Crippen LogP contribution in [0.5, 0.6) is 0 Å². The van der Waals surface area contributed by atoms with Gasteiger partial charge in [0.25, 0.3) is 0 Å². The van der Waals surface area contributed by atoms with Gasteiger partial charge in [-0.1, -0.05) is 41.9 Å². The molecule has 20 heavy (non-hydrogen) atoms. The lowest BCUT2D eigenvalue weighted by Crippen LogP contribution is -2.09. The molecule has 1 atom stereocenters. The summed E-state index contributed by atoms with van der Waals surface area (Å²) in [4.78, 5) is 0. The van der Waals surface area contributed by atoms with Crippen LogP contribution < -0.4 is 0 Å². The summed E-state index contributed by atoms with van der Waals surface area (Å²) in [5.74, 6) is 0. The van der Waals surface area contributed by atoms with Crippen molar-refractivity contribution in [2.75, 3.05) is 0 Å². The van der Waals surface area contributed by atoms with Crippen LogP contribution in [0.25, 0.3) is 0 Å². The largest absolute Gasteiger partial charge is 0.388 e. The van der Waals surface area contributed by atoms with E-state index in [0.29, 0.717) is 12.5 Å². The molecule has 2 rings (SSSR count). The summed E-state index contributed by atoms with van der Waals surface area (Å²) in [7, 11) is 0. The van der Waals surface area contributed by atoms with Gasteiger partial charge in [0, 0.05) is 17.1 Å². The fraction of sp³-hybridized carbons (Fsp3) is 0.438. The number of aliphatic hydroxyl groups is 1. The summed E-state index contributed by atoms with van der Waals surface area (Å²) in [6, 6.07) is 10.2. The number of aliphatic hydroxyl groups excluding tert-OH is 1. The first kappa shape index (κ1) is 15.3. The monoisotopic (exact) mass is 336 g/mol. The van der Waals surface area contributed by atoms with E-state index in [1.54, 1.807) is 0 Å². The standard InChI is InChI=1S/C16H21BrN2O/c1-3-15(4-2)19-10-9-14(18-19)11-16(20)12-5-7-13(17)8-6-12/h5-10,15-16,20H,3-4,11H2,1-2H3. The minimum Gasteiger partial charge on any atom is -0.388 e. The average Bonchev–Trinajstić information content (AvgIpc) is 2.89. The molecule has 0 spiro atoms. The summed E-state index contributed by atoms with van der Waals surface area (Å²) < 4.78 is 3.04. The maximum absolute atomic E-state index is 10.3. The van der Waals surface area contributed by atoms with Crippen molar-refractivity contribution in [2.45, 2.75) is 45.3 Å². The van der Waals surface area contributed by atoms with Crippen LogP contribution in [-0.2, 0) is 6.42 Å². The number of rotatable bonds is 6. The zero-order valence-corrected chi connectivity index (χ0v) is 13.5. The third-order valence-corrected chi connectivity index (χ3v) is 4.17. The van der Waals surface area contributed by atoms with Crippen LogP contribution >= 0.6 is 15.9 Å². The lowest BCUT2D eigenvalue weighted by molar-refractivity contribution is 0.176. The molecule has 0 bridgehead atoms. The number of hydrogen-bond acceptors (Lipinski definition) is 2. The third-order valence-electron chi connectivity index (χ3n) is 3.64. The number of nitrogens with zero attached hydrogens (tertiary/aromatic N) is 2. The van der Waals surface area contributed by atoms with Crippen LogP contribution in [0.15, 0.2) is 41.0 Å². The number of hydrogen-bond donors (Lipinski definition) is 1. The Morgan fingerprint density at radius 1 is 1.15 bits per heavy atom. The quantitative estimate of drug-likeness (QED) is 0.854. The van der Waals surface area contributed by atoms with Gasteiger partial charge in [-0.2, -0.15) is 5.10 Å². The molecule has 0 aliphatic rings. The van der Waals surface area contributed by atoms with E-state index < -0.39 is 6.10 Å². The molecule has 1 N–H and O–H groups in total. The van der Waals surface area contributed by atoms with Gasteiger partial charge in [-0.15, -0.1) is 0 Å². The Bertz CT molecular complexity index is 532. The Morgan fingerprint density at radius 3 is 2.40 bits per heavy atom. The van der Waals surface area contributed by atoms with Crippen molar-refractivity contribution in [3.63, 3.8) is 0 Å². The highest BCUT2D eigenvalue weighted by atomic mass is 79.9. The van der Waals surface area contributed by atoms with E-state index in [0.717, 1.165) is 28.6 Å². The topological polar surface area (TPSA) is 38.0 Å². The summed E-state index contributed by atoms with van der Waals surface area (Å²) >= 11 is 3.40. The van der Waals surface area contributed by atoms with E-state index in [-0.39, 0.29) is 0 Å². The van der Waals surface area contributed by atoms with Crippen molar-refractivity contribution in [1.29, 1.82) is 0 Å². The Balaban J connectivity index is 2.04. The second-order valence-corrected chi connectivity index (χ2v) is 5.94. The zero-order valence-electron chi connectivity index (χ0n) is 12.0. The van der Waals surface area contributed by atoms with E-state index in [1.807, 2.05) is 41.2 Å². The van der Waals surface area contributed by atoms with Crippen molar-refractivity contribution in [3.8, 4) is 0 Å². The van der Waals surface area contributed by atoms with Crippen LogP contribution in [0.3, 0.4) is 0 Å². The molecule has 0 radical (unpaired) electrons. The van der Waals surface area contributed by atoms with E-state index in [9.17, 15) is 5.11 Å². The molecule has 0 saturated carbocycles. The van der Waals surface area contributed by atoms with Crippen molar-refractivity contribution < 1.29 is 5.11 Å². The summed E-state index contributed by atoms with van der Waals surface area (Å²) in [5.41, 5.74) is 1.86. The molecule has 1 aromatic carbocycles. The number of benzene rings is 1. The fourth-order valence-electron chi connectivity index (χ4n) is 2.35. The van der Waals surface area contributed by atoms with Gasteiger partial charge in [0.15, 0.2) is 0 Å². The van der Waals surface area contributed by atoms with Gasteiger partial charge in [-0.25, -0.2) is 0 Å². The van der Waals surface area contributed by atoms with Crippen LogP contribution in [0, 0.1) is 0 Å². The first-order chi connectivity index (χ1) is 9.63. The van der Waals surface area contributed by atoms with Crippen LogP contribution in [0.2, 0.25) is 0 Å². The minimum atomic E-state index is -0.506. The molecule has 3 nitrogen and oxygen atoms in total. The first-order valence-corrected chi connectivity index (χ1v) is 7.90. The molecular formula is C16H21BrN2O. The van der Waals surface area contributed by atoms with Gasteiger partial charge >= 0.3 is 0 Å². The summed E-state index contributed by atoms with van der Waals surface area (Å²) in [6.45, 7) is 4.35. The maximum Gasteiger partial charge on any atom is 0.0846 e. The van der Waals surface area contributed by atoms with Gasteiger partial charge in [0.1, 0.15) is 0 Å². The van der Waals surface area contributed by atoms with Crippen molar-refractivity contribution in [3.05, 3.63) is 52.3 Å². The van der Waals surface area contributed by atoms with Gasteiger partial charge < -0.3 is 5.11 Å². The molecule has 108 valence electrons. The van der Waals surface area contributed by atoms with Crippen LogP contribution in [0.1, 0.15) is 50.1 Å². The van der Waals surface area contributed by atoms with Crippen molar-refractivity contribution >= 4 is 15.9 Å². The molecule has 1 heterocycles. The highest BCUT2D eigenvalue weighted by Gasteiger charge is 2.12. The van der Waals surface area contributed by atoms with Crippen molar-refractivity contribution in [2.24, 2.45) is 0 Å². The third kappa shape index (κ3) is 3.70. The van der Waals surface area contributed by atoms with Gasteiger partial charge in [-0.3, -0.25) is 4.68 Å². The van der Waals surface area contributed by atoms with Crippen molar-refractivity contribution in [1.82, 2.24) is 9.78 Å². The summed E-state index contributed by atoms with van der Waals surface area (Å²) in [6.07, 6.45) is 4.21. The second kappa shape index (κ2) is 7.04. The molecule has 0 amide bonds. The Labute approximate surface area is 128 Å². The fourth-order valence-corrected chi connectivity index (χ4v) is 2.62. The predicted molar refractivity (Wildman–Crippen MR) is 84.7 cm³/mol. The van der Waals surface area contributed by atoms with E-state index in [4.69, 9.17) is 0 Å². The van der Waals surface area contributed by atoms with Crippen LogP contribution in [0.4, 0.5) is 0 Å². The Hall–Kier alpha value is -1.13. The predicted octanol–water partition coefficient (Wildman–Crippen LogP) is 4.28. The molecule has 2 aromatic rings. The average molecular weight is 337 g/mol. The lowest BCUT2D eigenvalue weighted by atomic mass is 10.1. The second-order valence-electron chi connectivity index (χ2n) is 5.03. The van der Waals surface area contributed by atoms with E-state index >= 15 is 0 Å².